The second-order valence-electron chi connectivity index (χ2n) is 4.49. The lowest BCUT2D eigenvalue weighted by molar-refractivity contribution is -0.117. The van der Waals surface area contributed by atoms with Crippen molar-refractivity contribution < 1.29 is 4.79 Å². The third kappa shape index (κ3) is 2.89. The van der Waals surface area contributed by atoms with Gasteiger partial charge in [0.05, 0.1) is 10.9 Å². The molecule has 1 saturated heterocycles. The molecule has 0 bridgehead atoms. The summed E-state index contributed by atoms with van der Waals surface area (Å²) < 4.78 is 1.63. The van der Waals surface area contributed by atoms with Crippen LogP contribution in [-0.2, 0) is 18.3 Å². The smallest absolute Gasteiger partial charge is 0.151 e. The number of nitrogens with zero attached hydrogens (tertiary/aromatic N) is 2. The van der Waals surface area contributed by atoms with E-state index in [-0.39, 0.29) is 11.0 Å². The van der Waals surface area contributed by atoms with Crippen molar-refractivity contribution in [3.8, 4) is 0 Å². The molecule has 18 heavy (non-hydrogen) atoms. The van der Waals surface area contributed by atoms with E-state index in [2.05, 4.69) is 12.0 Å². The van der Waals surface area contributed by atoms with Gasteiger partial charge in [-0.2, -0.15) is 16.9 Å². The van der Waals surface area contributed by atoms with E-state index in [1.165, 1.54) is 0 Å². The molecule has 2 atom stereocenters. The predicted molar refractivity (Wildman–Crippen MR) is 79.8 cm³/mol. The van der Waals surface area contributed by atoms with Crippen LogP contribution in [0.1, 0.15) is 18.2 Å². The Hall–Kier alpha value is -0.130. The first-order valence-corrected chi connectivity index (χ1v) is 8.42. The van der Waals surface area contributed by atoms with Crippen LogP contribution < -0.4 is 0 Å². The van der Waals surface area contributed by atoms with E-state index in [1.807, 2.05) is 18.7 Å². The number of aromatic nitrogens is 2. The summed E-state index contributed by atoms with van der Waals surface area (Å²) in [6, 6.07) is 0. The van der Waals surface area contributed by atoms with Crippen molar-refractivity contribution >= 4 is 40.9 Å². The highest BCUT2D eigenvalue weighted by Crippen LogP contribution is 2.33. The van der Waals surface area contributed by atoms with Gasteiger partial charge in [-0.05, 0) is 6.92 Å². The van der Waals surface area contributed by atoms with Crippen LogP contribution in [0.2, 0.25) is 5.15 Å². The summed E-state index contributed by atoms with van der Waals surface area (Å²) in [5, 5.41) is 5.33. The van der Waals surface area contributed by atoms with Crippen LogP contribution in [0.3, 0.4) is 0 Å². The Balaban J connectivity index is 2.11. The average molecular weight is 305 g/mol. The van der Waals surface area contributed by atoms with E-state index >= 15 is 0 Å². The van der Waals surface area contributed by atoms with E-state index < -0.39 is 0 Å². The van der Waals surface area contributed by atoms with Crippen molar-refractivity contribution in [2.24, 2.45) is 7.05 Å². The molecule has 1 aliphatic heterocycles. The monoisotopic (exact) mass is 304 g/mol. The van der Waals surface area contributed by atoms with Crippen LogP contribution in [0.25, 0.3) is 0 Å². The first-order valence-electron chi connectivity index (χ1n) is 5.94. The minimum Gasteiger partial charge on any atom is -0.298 e. The summed E-state index contributed by atoms with van der Waals surface area (Å²) in [7, 11) is 1.80. The van der Waals surface area contributed by atoms with Gasteiger partial charge < -0.3 is 0 Å². The lowest BCUT2D eigenvalue weighted by Crippen LogP contribution is -2.32. The van der Waals surface area contributed by atoms with Gasteiger partial charge in [0.15, 0.2) is 5.78 Å². The fourth-order valence-corrected chi connectivity index (χ4v) is 5.11. The molecular formula is C12H17ClN2OS2. The molecule has 0 amide bonds. The highest BCUT2D eigenvalue weighted by molar-refractivity contribution is 8.07. The number of carbonyl (C=O) groups excluding carboxylic acids is 1. The number of ketones is 1. The largest absolute Gasteiger partial charge is 0.298 e. The Morgan fingerprint density at radius 3 is 2.72 bits per heavy atom. The number of halogens is 1. The summed E-state index contributed by atoms with van der Waals surface area (Å²) in [4.78, 5) is 12.4. The van der Waals surface area contributed by atoms with Crippen molar-refractivity contribution in [3.63, 3.8) is 0 Å². The fraction of sp³-hybridized carbons (Fsp3) is 0.667. The average Bonchev–Trinajstić information content (AvgIpc) is 2.56. The Labute approximate surface area is 121 Å². The number of aryl methyl sites for hydroxylation is 2. The third-order valence-electron chi connectivity index (χ3n) is 3.13. The zero-order chi connectivity index (χ0) is 13.3. The van der Waals surface area contributed by atoms with Gasteiger partial charge >= 0.3 is 0 Å². The maximum atomic E-state index is 12.4. The minimum atomic E-state index is 0.0967. The minimum absolute atomic E-state index is 0.0967. The van der Waals surface area contributed by atoms with E-state index in [0.29, 0.717) is 16.8 Å². The van der Waals surface area contributed by atoms with Gasteiger partial charge in [-0.1, -0.05) is 18.5 Å². The van der Waals surface area contributed by atoms with Crippen molar-refractivity contribution in [3.05, 3.63) is 16.4 Å². The third-order valence-corrected chi connectivity index (χ3v) is 6.74. The first-order chi connectivity index (χ1) is 8.50. The Bertz CT molecular complexity index is 461. The molecule has 0 saturated carbocycles. The number of thioether (sulfide) groups is 2. The standard InChI is InChI=1S/C12H17ClN2OS2/c1-7-9(12(13)15(3)14-7)6-10(16)11-8(2)17-4-5-18-11/h8,11H,4-6H2,1-3H3. The van der Waals surface area contributed by atoms with Gasteiger partial charge in [-0.15, -0.1) is 11.8 Å². The Kier molecular flexibility index (Phi) is 4.67. The normalized spacial score (nSPS) is 24.2. The molecule has 1 aromatic heterocycles. The molecule has 3 nitrogen and oxygen atoms in total. The predicted octanol–water partition coefficient (Wildman–Crippen LogP) is 2.73. The van der Waals surface area contributed by atoms with E-state index in [9.17, 15) is 4.79 Å². The highest BCUT2D eigenvalue weighted by atomic mass is 35.5. The summed E-state index contributed by atoms with van der Waals surface area (Å²) in [5.41, 5.74) is 1.74. The van der Waals surface area contributed by atoms with Gasteiger partial charge in [0.25, 0.3) is 0 Å². The first kappa shape index (κ1) is 14.3. The molecule has 0 aliphatic carbocycles. The SMILES string of the molecule is Cc1nn(C)c(Cl)c1CC(=O)C1SCCSC1C. The molecule has 2 unspecified atom stereocenters. The van der Waals surface area contributed by atoms with Gasteiger partial charge in [0.1, 0.15) is 5.15 Å². The summed E-state index contributed by atoms with van der Waals surface area (Å²) in [6.45, 7) is 4.04. The van der Waals surface area contributed by atoms with Crippen LogP contribution >= 0.6 is 35.1 Å². The molecule has 0 N–H and O–H groups in total. The number of Topliss-reactive ketones (excluding diaryl/α,β-unsaturated/α-hetero) is 1. The highest BCUT2D eigenvalue weighted by Gasteiger charge is 2.30. The van der Waals surface area contributed by atoms with Crippen molar-refractivity contribution in [1.82, 2.24) is 9.78 Å². The molecule has 1 aliphatic rings. The molecule has 1 aromatic rings. The molecule has 6 heteroatoms. The number of hydrogen-bond acceptors (Lipinski definition) is 4. The number of rotatable bonds is 3. The fourth-order valence-electron chi connectivity index (χ4n) is 2.14. The Morgan fingerprint density at radius 2 is 2.17 bits per heavy atom. The van der Waals surface area contributed by atoms with Crippen LogP contribution in [0.4, 0.5) is 0 Å². The lowest BCUT2D eigenvalue weighted by atomic mass is 10.1. The molecule has 0 spiro atoms. The Morgan fingerprint density at radius 1 is 1.50 bits per heavy atom. The van der Waals surface area contributed by atoms with Crippen molar-refractivity contribution in [2.75, 3.05) is 11.5 Å². The summed E-state index contributed by atoms with van der Waals surface area (Å²) in [5.74, 6) is 2.48. The van der Waals surface area contributed by atoms with E-state index in [0.717, 1.165) is 22.8 Å². The second kappa shape index (κ2) is 5.88. The van der Waals surface area contributed by atoms with Crippen LogP contribution in [0, 0.1) is 6.92 Å². The number of carbonyl (C=O) groups is 1. The van der Waals surface area contributed by atoms with E-state index in [1.54, 1.807) is 23.5 Å². The number of hydrogen-bond donors (Lipinski definition) is 0. The molecule has 100 valence electrons. The van der Waals surface area contributed by atoms with Gasteiger partial charge in [0, 0.05) is 35.8 Å². The van der Waals surface area contributed by atoms with Gasteiger partial charge in [-0.25, -0.2) is 0 Å². The van der Waals surface area contributed by atoms with Gasteiger partial charge in [0.2, 0.25) is 0 Å². The lowest BCUT2D eigenvalue weighted by Gasteiger charge is -2.26. The quantitative estimate of drug-likeness (QED) is 0.860. The van der Waals surface area contributed by atoms with Crippen LogP contribution in [0.5, 0.6) is 0 Å². The zero-order valence-corrected chi connectivity index (χ0v) is 13.2. The molecule has 1 fully saturated rings. The maximum absolute atomic E-state index is 12.4. The molecule has 0 radical (unpaired) electrons. The molecule has 2 heterocycles. The summed E-state index contributed by atoms with van der Waals surface area (Å²) >= 11 is 9.83. The van der Waals surface area contributed by atoms with Crippen LogP contribution in [0.15, 0.2) is 0 Å². The van der Waals surface area contributed by atoms with Crippen molar-refractivity contribution in [2.45, 2.75) is 30.8 Å². The topological polar surface area (TPSA) is 34.9 Å². The molecule has 2 rings (SSSR count). The van der Waals surface area contributed by atoms with E-state index in [4.69, 9.17) is 11.6 Å². The summed E-state index contributed by atoms with van der Waals surface area (Å²) in [6.07, 6.45) is 0.404. The maximum Gasteiger partial charge on any atom is 0.151 e. The second-order valence-corrected chi connectivity index (χ2v) is 7.58. The van der Waals surface area contributed by atoms with Gasteiger partial charge in [-0.3, -0.25) is 9.48 Å². The van der Waals surface area contributed by atoms with Crippen LogP contribution in [-0.4, -0.2) is 37.6 Å². The molecule has 0 aromatic carbocycles. The zero-order valence-electron chi connectivity index (χ0n) is 10.8. The van der Waals surface area contributed by atoms with Crippen molar-refractivity contribution in [1.29, 1.82) is 0 Å². The molecular weight excluding hydrogens is 288 g/mol.